The Bertz CT molecular complexity index is 737. The number of ether oxygens (including phenoxy) is 1. The molecule has 1 N–H and O–H groups in total. The summed E-state index contributed by atoms with van der Waals surface area (Å²) in [6.45, 7) is 7.16. The lowest BCUT2D eigenvalue weighted by Gasteiger charge is -2.17. The number of hydrogen-bond acceptors (Lipinski definition) is 3. The van der Waals surface area contributed by atoms with Gasteiger partial charge in [0.05, 0.1) is 0 Å². The van der Waals surface area contributed by atoms with Crippen molar-refractivity contribution in [3.8, 4) is 5.75 Å². The van der Waals surface area contributed by atoms with E-state index in [4.69, 9.17) is 4.74 Å². The molecule has 2 aromatic carbocycles. The van der Waals surface area contributed by atoms with Crippen LogP contribution < -0.4 is 10.1 Å². The Labute approximate surface area is 136 Å². The first-order chi connectivity index (χ1) is 10.9. The molecule has 2 rings (SSSR count). The van der Waals surface area contributed by atoms with Crippen molar-refractivity contribution in [2.75, 3.05) is 5.32 Å². The summed E-state index contributed by atoms with van der Waals surface area (Å²) in [5.74, 6) is 0.400. The zero-order valence-corrected chi connectivity index (χ0v) is 13.8. The van der Waals surface area contributed by atoms with Crippen LogP contribution in [0.5, 0.6) is 5.75 Å². The molecule has 0 aliphatic carbocycles. The van der Waals surface area contributed by atoms with E-state index in [9.17, 15) is 9.59 Å². The lowest BCUT2D eigenvalue weighted by molar-refractivity contribution is -0.122. The fraction of sp³-hybridized carbons (Fsp3) is 0.263. The standard InChI is InChI=1S/C19H21NO3/c1-12-7-5-10-18(13(12)2)23-15(4)19(22)20-17-9-6-8-16(11-17)14(3)21/h5-11,15H,1-4H3,(H,20,22). The van der Waals surface area contributed by atoms with Gasteiger partial charge >= 0.3 is 0 Å². The molecule has 2 aromatic rings. The number of amides is 1. The Morgan fingerprint density at radius 3 is 2.48 bits per heavy atom. The molecular formula is C19H21NO3. The van der Waals surface area contributed by atoms with Gasteiger partial charge in [-0.05, 0) is 57.0 Å². The molecule has 0 aliphatic heterocycles. The van der Waals surface area contributed by atoms with Crippen molar-refractivity contribution in [3.05, 3.63) is 59.2 Å². The van der Waals surface area contributed by atoms with Gasteiger partial charge < -0.3 is 10.1 Å². The van der Waals surface area contributed by atoms with E-state index in [1.807, 2.05) is 32.0 Å². The van der Waals surface area contributed by atoms with Gasteiger partial charge in [-0.15, -0.1) is 0 Å². The maximum atomic E-state index is 12.3. The fourth-order valence-electron chi connectivity index (χ4n) is 2.16. The zero-order valence-electron chi connectivity index (χ0n) is 13.8. The summed E-state index contributed by atoms with van der Waals surface area (Å²) in [5.41, 5.74) is 3.28. The summed E-state index contributed by atoms with van der Waals surface area (Å²) in [7, 11) is 0. The smallest absolute Gasteiger partial charge is 0.265 e. The number of carbonyl (C=O) groups excluding carboxylic acids is 2. The van der Waals surface area contributed by atoms with Gasteiger partial charge in [0.1, 0.15) is 5.75 Å². The third-order valence-corrected chi connectivity index (χ3v) is 3.76. The van der Waals surface area contributed by atoms with E-state index >= 15 is 0 Å². The first-order valence-corrected chi connectivity index (χ1v) is 7.53. The van der Waals surface area contributed by atoms with Crippen LogP contribution in [0.3, 0.4) is 0 Å². The van der Waals surface area contributed by atoms with E-state index in [1.165, 1.54) is 6.92 Å². The van der Waals surface area contributed by atoms with E-state index in [1.54, 1.807) is 31.2 Å². The summed E-state index contributed by atoms with van der Waals surface area (Å²) in [4.78, 5) is 23.7. The lowest BCUT2D eigenvalue weighted by atomic mass is 10.1. The van der Waals surface area contributed by atoms with Gasteiger partial charge in [0.2, 0.25) is 0 Å². The third kappa shape index (κ3) is 4.19. The first kappa shape index (κ1) is 16.7. The molecule has 0 spiro atoms. The Balaban J connectivity index is 2.07. The largest absolute Gasteiger partial charge is 0.481 e. The molecule has 0 saturated carbocycles. The van der Waals surface area contributed by atoms with Crippen LogP contribution in [0, 0.1) is 13.8 Å². The minimum absolute atomic E-state index is 0.0409. The van der Waals surface area contributed by atoms with Gasteiger partial charge in [0, 0.05) is 11.3 Å². The molecule has 120 valence electrons. The van der Waals surface area contributed by atoms with E-state index in [0.29, 0.717) is 17.0 Å². The number of Topliss-reactive ketones (excluding diaryl/α,β-unsaturated/α-hetero) is 1. The number of ketones is 1. The van der Waals surface area contributed by atoms with E-state index in [2.05, 4.69) is 5.32 Å². The number of rotatable bonds is 5. The van der Waals surface area contributed by atoms with E-state index in [-0.39, 0.29) is 11.7 Å². The predicted octanol–water partition coefficient (Wildman–Crippen LogP) is 3.91. The first-order valence-electron chi connectivity index (χ1n) is 7.53. The number of anilines is 1. The number of hydrogen-bond donors (Lipinski definition) is 1. The molecule has 0 aromatic heterocycles. The molecule has 0 fully saturated rings. The Morgan fingerprint density at radius 1 is 1.09 bits per heavy atom. The highest BCUT2D eigenvalue weighted by Gasteiger charge is 2.16. The molecule has 4 nitrogen and oxygen atoms in total. The van der Waals surface area contributed by atoms with Crippen molar-refractivity contribution in [3.63, 3.8) is 0 Å². The van der Waals surface area contributed by atoms with Crippen LogP contribution in [0.2, 0.25) is 0 Å². The molecule has 1 amide bonds. The Hall–Kier alpha value is -2.62. The molecule has 0 bridgehead atoms. The molecule has 1 atom stereocenters. The minimum Gasteiger partial charge on any atom is -0.481 e. The summed E-state index contributed by atoms with van der Waals surface area (Å²) in [6, 6.07) is 12.6. The summed E-state index contributed by atoms with van der Waals surface area (Å²) in [5, 5.41) is 2.78. The summed E-state index contributed by atoms with van der Waals surface area (Å²) in [6.07, 6.45) is -0.642. The highest BCUT2D eigenvalue weighted by molar-refractivity contribution is 5.98. The lowest BCUT2D eigenvalue weighted by Crippen LogP contribution is -2.30. The second-order valence-corrected chi connectivity index (χ2v) is 5.58. The van der Waals surface area contributed by atoms with Crippen molar-refractivity contribution in [1.29, 1.82) is 0 Å². The second-order valence-electron chi connectivity index (χ2n) is 5.58. The van der Waals surface area contributed by atoms with Gasteiger partial charge in [-0.2, -0.15) is 0 Å². The molecule has 23 heavy (non-hydrogen) atoms. The van der Waals surface area contributed by atoms with Crippen molar-refractivity contribution in [1.82, 2.24) is 0 Å². The van der Waals surface area contributed by atoms with E-state index in [0.717, 1.165) is 11.1 Å². The van der Waals surface area contributed by atoms with Crippen LogP contribution in [0.4, 0.5) is 5.69 Å². The van der Waals surface area contributed by atoms with Crippen LogP contribution in [-0.4, -0.2) is 17.8 Å². The molecular weight excluding hydrogens is 290 g/mol. The third-order valence-electron chi connectivity index (χ3n) is 3.76. The topological polar surface area (TPSA) is 55.4 Å². The number of nitrogens with one attached hydrogen (secondary N) is 1. The summed E-state index contributed by atoms with van der Waals surface area (Å²) < 4.78 is 5.76. The van der Waals surface area contributed by atoms with Crippen LogP contribution in [-0.2, 0) is 4.79 Å². The van der Waals surface area contributed by atoms with Crippen molar-refractivity contribution in [2.24, 2.45) is 0 Å². The number of carbonyl (C=O) groups is 2. The molecule has 0 saturated heterocycles. The highest BCUT2D eigenvalue weighted by atomic mass is 16.5. The van der Waals surface area contributed by atoms with Crippen molar-refractivity contribution >= 4 is 17.4 Å². The monoisotopic (exact) mass is 311 g/mol. The van der Waals surface area contributed by atoms with Crippen LogP contribution in [0.15, 0.2) is 42.5 Å². The molecule has 0 heterocycles. The van der Waals surface area contributed by atoms with Crippen molar-refractivity contribution < 1.29 is 14.3 Å². The average molecular weight is 311 g/mol. The minimum atomic E-state index is -0.642. The SMILES string of the molecule is CC(=O)c1cccc(NC(=O)C(C)Oc2cccc(C)c2C)c1. The van der Waals surface area contributed by atoms with Gasteiger partial charge in [-0.3, -0.25) is 9.59 Å². The van der Waals surface area contributed by atoms with E-state index < -0.39 is 6.10 Å². The predicted molar refractivity (Wildman–Crippen MR) is 91.1 cm³/mol. The van der Waals surface area contributed by atoms with Crippen LogP contribution in [0.1, 0.15) is 35.3 Å². The maximum absolute atomic E-state index is 12.3. The van der Waals surface area contributed by atoms with Gasteiger partial charge in [-0.25, -0.2) is 0 Å². The van der Waals surface area contributed by atoms with Crippen molar-refractivity contribution in [2.45, 2.75) is 33.8 Å². The van der Waals surface area contributed by atoms with Gasteiger partial charge in [0.15, 0.2) is 11.9 Å². The number of aryl methyl sites for hydroxylation is 1. The van der Waals surface area contributed by atoms with Gasteiger partial charge in [-0.1, -0.05) is 24.3 Å². The average Bonchev–Trinajstić information content (AvgIpc) is 2.52. The van der Waals surface area contributed by atoms with Crippen LogP contribution in [0.25, 0.3) is 0 Å². The summed E-state index contributed by atoms with van der Waals surface area (Å²) >= 11 is 0. The van der Waals surface area contributed by atoms with Crippen LogP contribution >= 0.6 is 0 Å². The molecule has 0 aliphatic rings. The highest BCUT2D eigenvalue weighted by Crippen LogP contribution is 2.22. The quantitative estimate of drug-likeness (QED) is 0.852. The molecule has 0 radical (unpaired) electrons. The second kappa shape index (κ2) is 7.09. The zero-order chi connectivity index (χ0) is 17.0. The Kier molecular flexibility index (Phi) is 5.16. The number of benzene rings is 2. The fourth-order valence-corrected chi connectivity index (χ4v) is 2.16. The Morgan fingerprint density at radius 2 is 1.78 bits per heavy atom. The normalized spacial score (nSPS) is 11.7. The van der Waals surface area contributed by atoms with Gasteiger partial charge in [0.25, 0.3) is 5.91 Å². The maximum Gasteiger partial charge on any atom is 0.265 e. The molecule has 1 unspecified atom stereocenters. The molecule has 4 heteroatoms.